The number of amides is 1. The van der Waals surface area contributed by atoms with Gasteiger partial charge in [0, 0.05) is 29.5 Å². The highest BCUT2D eigenvalue weighted by Crippen LogP contribution is 2.31. The number of benzene rings is 2. The first-order valence-corrected chi connectivity index (χ1v) is 9.86. The first-order chi connectivity index (χ1) is 14.5. The summed E-state index contributed by atoms with van der Waals surface area (Å²) in [5.41, 5.74) is 6.06. The van der Waals surface area contributed by atoms with Crippen LogP contribution in [0.5, 0.6) is 0 Å². The van der Waals surface area contributed by atoms with Crippen LogP contribution in [0.25, 0.3) is 22.3 Å². The zero-order chi connectivity index (χ0) is 20.8. The number of carbonyl (C=O) groups is 1. The fourth-order valence-corrected chi connectivity index (χ4v) is 3.88. The van der Waals surface area contributed by atoms with Gasteiger partial charge in [-0.05, 0) is 61.4 Å². The van der Waals surface area contributed by atoms with Gasteiger partial charge in [0.05, 0.1) is 18.7 Å². The molecule has 0 radical (unpaired) electrons. The first-order valence-electron chi connectivity index (χ1n) is 9.86. The molecule has 0 fully saturated rings. The minimum atomic E-state index is -0.311. The van der Waals surface area contributed by atoms with Gasteiger partial charge in [-0.25, -0.2) is 4.39 Å². The van der Waals surface area contributed by atoms with E-state index >= 15 is 0 Å². The van der Waals surface area contributed by atoms with Gasteiger partial charge in [-0.3, -0.25) is 4.79 Å². The molecule has 0 atom stereocenters. The molecule has 0 unspecified atom stereocenters. The molecule has 0 spiro atoms. The molecule has 0 saturated heterocycles. The van der Waals surface area contributed by atoms with E-state index < -0.39 is 0 Å². The number of halogens is 1. The lowest BCUT2D eigenvalue weighted by atomic mass is 10.0. The largest absolute Gasteiger partial charge is 0.356 e. The average Bonchev–Trinajstić information content (AvgIpc) is 3.33. The van der Waals surface area contributed by atoms with Crippen molar-refractivity contribution in [3.8, 4) is 11.3 Å². The van der Waals surface area contributed by atoms with Crippen molar-refractivity contribution in [3.63, 3.8) is 0 Å². The van der Waals surface area contributed by atoms with E-state index in [-0.39, 0.29) is 18.1 Å². The number of hydrogen-bond donors (Lipinski definition) is 0. The normalized spacial score (nSPS) is 13.6. The number of nitrogens with zero attached hydrogens (tertiary/aromatic N) is 3. The molecule has 2 aromatic carbocycles. The van der Waals surface area contributed by atoms with Crippen LogP contribution in [-0.2, 0) is 24.2 Å². The lowest BCUT2D eigenvalue weighted by Gasteiger charge is -2.26. The molecule has 3 heterocycles. The monoisotopic (exact) mass is 405 g/mol. The fraction of sp³-hybridized carbons (Fsp3) is 0.261. The van der Waals surface area contributed by atoms with Crippen LogP contribution in [0.15, 0.2) is 45.4 Å². The summed E-state index contributed by atoms with van der Waals surface area (Å²) in [5.74, 6) is 0.245. The van der Waals surface area contributed by atoms with Crippen molar-refractivity contribution in [2.45, 2.75) is 33.2 Å². The summed E-state index contributed by atoms with van der Waals surface area (Å²) in [7, 11) is 0. The smallest absolute Gasteiger partial charge is 0.229 e. The van der Waals surface area contributed by atoms with E-state index in [1.165, 1.54) is 12.1 Å². The van der Waals surface area contributed by atoms with Crippen LogP contribution in [0, 0.1) is 19.7 Å². The number of fused-ring (bicyclic) bond motifs is 2. The molecular formula is C23H20FN3O3. The number of hydrogen-bond acceptors (Lipinski definition) is 5. The van der Waals surface area contributed by atoms with Crippen molar-refractivity contribution in [3.05, 3.63) is 70.3 Å². The van der Waals surface area contributed by atoms with Gasteiger partial charge in [0.15, 0.2) is 11.3 Å². The van der Waals surface area contributed by atoms with Crippen LogP contribution < -0.4 is 0 Å². The Labute approximate surface area is 172 Å². The maximum atomic E-state index is 13.3. The molecule has 0 N–H and O–H groups in total. The molecule has 1 aliphatic heterocycles. The lowest BCUT2D eigenvalue weighted by molar-refractivity contribution is -0.131. The van der Waals surface area contributed by atoms with E-state index in [1.807, 2.05) is 26.0 Å². The van der Waals surface area contributed by atoms with Crippen molar-refractivity contribution >= 4 is 16.9 Å². The highest BCUT2D eigenvalue weighted by Gasteiger charge is 2.28. The van der Waals surface area contributed by atoms with Gasteiger partial charge >= 0.3 is 0 Å². The Hall–Kier alpha value is -3.48. The van der Waals surface area contributed by atoms with Crippen LogP contribution >= 0.6 is 0 Å². The van der Waals surface area contributed by atoms with Crippen LogP contribution in [-0.4, -0.2) is 27.7 Å². The number of aryl methyl sites for hydroxylation is 2. The third kappa shape index (κ3) is 3.16. The predicted molar refractivity (Wildman–Crippen MR) is 108 cm³/mol. The molecule has 5 rings (SSSR count). The molecule has 30 heavy (non-hydrogen) atoms. The molecule has 1 amide bonds. The van der Waals surface area contributed by atoms with Gasteiger partial charge < -0.3 is 13.9 Å². The third-order valence-electron chi connectivity index (χ3n) is 5.78. The van der Waals surface area contributed by atoms with E-state index in [0.29, 0.717) is 36.5 Å². The standard InChI is InChI=1S/C23H20FN3O3/c1-13-9-17-20(26-29-21(17)10-14(13)2)11-22(28)27-8-7-19-18(12-27)23(30-25-19)15-3-5-16(24)6-4-15/h3-6,9-10H,7-8,11-12H2,1-2H3. The maximum Gasteiger partial charge on any atom is 0.229 e. The molecule has 1 aliphatic rings. The Morgan fingerprint density at radius 3 is 2.67 bits per heavy atom. The molecule has 4 aromatic rings. The van der Waals surface area contributed by atoms with Gasteiger partial charge in [-0.1, -0.05) is 10.3 Å². The second-order valence-electron chi connectivity index (χ2n) is 7.75. The van der Waals surface area contributed by atoms with Gasteiger partial charge in [0.25, 0.3) is 0 Å². The van der Waals surface area contributed by atoms with E-state index in [4.69, 9.17) is 9.05 Å². The first kappa shape index (κ1) is 18.5. The van der Waals surface area contributed by atoms with Gasteiger partial charge in [-0.2, -0.15) is 0 Å². The predicted octanol–water partition coefficient (Wildman–Crippen LogP) is 4.37. The summed E-state index contributed by atoms with van der Waals surface area (Å²) in [4.78, 5) is 14.8. The molecule has 2 aromatic heterocycles. The summed E-state index contributed by atoms with van der Waals surface area (Å²) in [6.07, 6.45) is 0.783. The Balaban J connectivity index is 1.39. The zero-order valence-corrected chi connectivity index (χ0v) is 16.7. The number of carbonyl (C=O) groups excluding carboxylic acids is 1. The molecule has 7 heteroatoms. The topological polar surface area (TPSA) is 72.4 Å². The summed E-state index contributed by atoms with van der Waals surface area (Å²) in [6.45, 7) is 5.01. The van der Waals surface area contributed by atoms with Crippen LogP contribution in [0.3, 0.4) is 0 Å². The van der Waals surface area contributed by atoms with Gasteiger partial charge in [0.1, 0.15) is 11.5 Å². The third-order valence-corrected chi connectivity index (χ3v) is 5.78. The fourth-order valence-electron chi connectivity index (χ4n) is 3.88. The minimum Gasteiger partial charge on any atom is -0.356 e. The van der Waals surface area contributed by atoms with Crippen molar-refractivity contribution in [2.75, 3.05) is 6.54 Å². The molecular weight excluding hydrogens is 385 g/mol. The molecule has 0 saturated carbocycles. The van der Waals surface area contributed by atoms with E-state index in [9.17, 15) is 9.18 Å². The van der Waals surface area contributed by atoms with Crippen LogP contribution in [0.2, 0.25) is 0 Å². The molecule has 0 bridgehead atoms. The average molecular weight is 405 g/mol. The molecule has 0 aliphatic carbocycles. The summed E-state index contributed by atoms with van der Waals surface area (Å²) >= 11 is 0. The Bertz CT molecular complexity index is 1260. The number of rotatable bonds is 3. The van der Waals surface area contributed by atoms with Crippen molar-refractivity contribution in [2.24, 2.45) is 0 Å². The van der Waals surface area contributed by atoms with E-state index in [0.717, 1.165) is 33.3 Å². The second kappa shape index (κ2) is 7.09. The molecule has 152 valence electrons. The summed E-state index contributed by atoms with van der Waals surface area (Å²) in [6, 6.07) is 10.0. The highest BCUT2D eigenvalue weighted by atomic mass is 19.1. The van der Waals surface area contributed by atoms with Crippen molar-refractivity contribution < 1.29 is 18.2 Å². The summed E-state index contributed by atoms with van der Waals surface area (Å²) in [5, 5.41) is 9.16. The maximum absolute atomic E-state index is 13.3. The lowest BCUT2D eigenvalue weighted by Crippen LogP contribution is -2.37. The van der Waals surface area contributed by atoms with Crippen molar-refractivity contribution in [1.82, 2.24) is 15.2 Å². The van der Waals surface area contributed by atoms with E-state index in [2.05, 4.69) is 10.3 Å². The highest BCUT2D eigenvalue weighted by molar-refractivity contribution is 5.87. The van der Waals surface area contributed by atoms with Gasteiger partial charge in [0.2, 0.25) is 5.91 Å². The summed E-state index contributed by atoms with van der Waals surface area (Å²) < 4.78 is 24.2. The minimum absolute atomic E-state index is 0.0275. The van der Waals surface area contributed by atoms with Crippen LogP contribution in [0.4, 0.5) is 4.39 Å². The number of aromatic nitrogens is 2. The van der Waals surface area contributed by atoms with E-state index in [1.54, 1.807) is 17.0 Å². The molecule has 6 nitrogen and oxygen atoms in total. The Morgan fingerprint density at radius 1 is 1.10 bits per heavy atom. The Kier molecular flexibility index (Phi) is 4.38. The zero-order valence-electron chi connectivity index (χ0n) is 16.7. The van der Waals surface area contributed by atoms with Crippen molar-refractivity contribution in [1.29, 1.82) is 0 Å². The van der Waals surface area contributed by atoms with Crippen LogP contribution in [0.1, 0.15) is 28.1 Å². The second-order valence-corrected chi connectivity index (χ2v) is 7.75. The SMILES string of the molecule is Cc1cc2onc(CC(=O)N3CCc4noc(-c5ccc(F)cc5)c4C3)c2cc1C. The Morgan fingerprint density at radius 2 is 1.87 bits per heavy atom. The van der Waals surface area contributed by atoms with Gasteiger partial charge in [-0.15, -0.1) is 0 Å². The quantitative estimate of drug-likeness (QED) is 0.506.